The molecule has 164 valence electrons. The van der Waals surface area contributed by atoms with Gasteiger partial charge in [-0.25, -0.2) is 0 Å². The molecule has 1 atom stereocenters. The zero-order valence-corrected chi connectivity index (χ0v) is 18.7. The van der Waals surface area contributed by atoms with E-state index in [4.69, 9.17) is 11.6 Å². The van der Waals surface area contributed by atoms with Crippen molar-refractivity contribution in [3.63, 3.8) is 0 Å². The summed E-state index contributed by atoms with van der Waals surface area (Å²) >= 11 is 6.57. The average molecular weight is 439 g/mol. The van der Waals surface area contributed by atoms with Gasteiger partial charge < -0.3 is 15.5 Å². The Kier molecular flexibility index (Phi) is 6.26. The number of hydrogen-bond acceptors (Lipinski definition) is 4. The Morgan fingerprint density at radius 3 is 2.81 bits per heavy atom. The molecule has 5 nitrogen and oxygen atoms in total. The van der Waals surface area contributed by atoms with Gasteiger partial charge in [0, 0.05) is 49.1 Å². The van der Waals surface area contributed by atoms with Crippen molar-refractivity contribution in [3.8, 4) is 0 Å². The minimum absolute atomic E-state index is 0.0914. The Morgan fingerprint density at radius 1 is 1.19 bits per heavy atom. The van der Waals surface area contributed by atoms with Gasteiger partial charge in [0.2, 0.25) is 0 Å². The molecule has 5 rings (SSSR count). The maximum absolute atomic E-state index is 13.7. The van der Waals surface area contributed by atoms with Crippen molar-refractivity contribution in [2.24, 2.45) is 0 Å². The highest BCUT2D eigenvalue weighted by Crippen LogP contribution is 2.34. The summed E-state index contributed by atoms with van der Waals surface area (Å²) in [6, 6.07) is 9.22. The average Bonchev–Trinajstić information content (AvgIpc) is 3.72. The summed E-state index contributed by atoms with van der Waals surface area (Å²) in [7, 11) is 0. The Labute approximate surface area is 189 Å². The van der Waals surface area contributed by atoms with Gasteiger partial charge in [-0.05, 0) is 79.8 Å². The Hall–Kier alpha value is -1.95. The summed E-state index contributed by atoms with van der Waals surface area (Å²) in [4.78, 5) is 20.1. The maximum Gasteiger partial charge on any atom is 0.256 e. The number of benzene rings is 1. The van der Waals surface area contributed by atoms with E-state index < -0.39 is 0 Å². The van der Waals surface area contributed by atoms with Crippen LogP contribution in [0.3, 0.4) is 0 Å². The van der Waals surface area contributed by atoms with Crippen molar-refractivity contribution in [2.45, 2.75) is 69.6 Å². The number of piperidine rings is 1. The highest BCUT2D eigenvalue weighted by Gasteiger charge is 2.35. The van der Waals surface area contributed by atoms with Crippen molar-refractivity contribution in [2.75, 3.05) is 13.1 Å². The zero-order valence-electron chi connectivity index (χ0n) is 17.9. The third kappa shape index (κ3) is 5.11. The molecule has 2 saturated carbocycles. The van der Waals surface area contributed by atoms with E-state index in [-0.39, 0.29) is 5.91 Å². The third-order valence-electron chi connectivity index (χ3n) is 6.69. The molecule has 0 radical (unpaired) electrons. The fourth-order valence-electron chi connectivity index (χ4n) is 4.56. The smallest absolute Gasteiger partial charge is 0.256 e. The second-order valence-corrected chi connectivity index (χ2v) is 9.66. The standard InChI is InChI=1S/C25H31ClN4O/c26-24-8-3-17(13-29-20-4-5-20)12-19(24)16-30(21-6-7-21)25(31)23-15-28-11-9-22(23)18-2-1-10-27-14-18/h3,8-9,11-12,15,18,20-21,27,29H,1-2,4-7,10,13-14,16H2. The van der Waals surface area contributed by atoms with E-state index in [0.29, 0.717) is 24.5 Å². The van der Waals surface area contributed by atoms with Gasteiger partial charge in [0.25, 0.3) is 5.91 Å². The van der Waals surface area contributed by atoms with E-state index in [1.165, 1.54) is 18.4 Å². The Balaban J connectivity index is 1.37. The number of carbonyl (C=O) groups is 1. The monoisotopic (exact) mass is 438 g/mol. The summed E-state index contributed by atoms with van der Waals surface area (Å²) < 4.78 is 0. The first kappa shape index (κ1) is 20.9. The summed E-state index contributed by atoms with van der Waals surface area (Å²) in [5.74, 6) is 0.464. The number of pyridine rings is 1. The lowest BCUT2D eigenvalue weighted by Gasteiger charge is -2.28. The summed E-state index contributed by atoms with van der Waals surface area (Å²) in [5, 5.41) is 7.77. The van der Waals surface area contributed by atoms with Gasteiger partial charge in [-0.3, -0.25) is 9.78 Å². The third-order valence-corrected chi connectivity index (χ3v) is 7.06. The van der Waals surface area contributed by atoms with Crippen LogP contribution in [0.15, 0.2) is 36.7 Å². The van der Waals surface area contributed by atoms with E-state index in [0.717, 1.165) is 67.0 Å². The molecule has 1 unspecified atom stereocenters. The van der Waals surface area contributed by atoms with Crippen LogP contribution in [0.4, 0.5) is 0 Å². The second kappa shape index (κ2) is 9.27. The number of amides is 1. The molecular formula is C25H31ClN4O. The molecule has 3 fully saturated rings. The van der Waals surface area contributed by atoms with Crippen LogP contribution >= 0.6 is 11.6 Å². The van der Waals surface area contributed by atoms with Crippen molar-refractivity contribution in [1.82, 2.24) is 20.5 Å². The molecule has 1 aromatic heterocycles. The lowest BCUT2D eigenvalue weighted by Crippen LogP contribution is -2.35. The van der Waals surface area contributed by atoms with Crippen LogP contribution in [0, 0.1) is 0 Å². The first-order valence-corrected chi connectivity index (χ1v) is 12.0. The van der Waals surface area contributed by atoms with Gasteiger partial charge in [0.15, 0.2) is 0 Å². The van der Waals surface area contributed by atoms with Crippen molar-refractivity contribution >= 4 is 17.5 Å². The number of carbonyl (C=O) groups excluding carboxylic acids is 1. The van der Waals surface area contributed by atoms with Gasteiger partial charge in [-0.2, -0.15) is 0 Å². The Bertz CT molecular complexity index is 935. The van der Waals surface area contributed by atoms with Crippen molar-refractivity contribution in [3.05, 3.63) is 63.9 Å². The SMILES string of the molecule is O=C(c1cnccc1C1CCCNC1)N(Cc1cc(CNC2CC2)ccc1Cl)C1CC1. The topological polar surface area (TPSA) is 57.3 Å². The normalized spacial score (nSPS) is 21.1. The van der Waals surface area contributed by atoms with Crippen molar-refractivity contribution < 1.29 is 4.79 Å². The van der Waals surface area contributed by atoms with Gasteiger partial charge in [0.1, 0.15) is 0 Å². The molecule has 2 N–H and O–H groups in total. The molecule has 6 heteroatoms. The highest BCUT2D eigenvalue weighted by atomic mass is 35.5. The van der Waals surface area contributed by atoms with E-state index in [9.17, 15) is 4.79 Å². The lowest BCUT2D eigenvalue weighted by molar-refractivity contribution is 0.0727. The van der Waals surface area contributed by atoms with E-state index >= 15 is 0 Å². The predicted octanol–water partition coefficient (Wildman–Crippen LogP) is 4.26. The first-order valence-electron chi connectivity index (χ1n) is 11.7. The van der Waals surface area contributed by atoms with Crippen molar-refractivity contribution in [1.29, 1.82) is 0 Å². The number of nitrogens with one attached hydrogen (secondary N) is 2. The van der Waals surface area contributed by atoms with Gasteiger partial charge in [0.05, 0.1) is 5.56 Å². The minimum Gasteiger partial charge on any atom is -0.331 e. The summed E-state index contributed by atoms with van der Waals surface area (Å²) in [6.07, 6.45) is 10.5. The van der Waals surface area contributed by atoms with Gasteiger partial charge in [-0.15, -0.1) is 0 Å². The summed E-state index contributed by atoms with van der Waals surface area (Å²) in [6.45, 7) is 3.39. The molecule has 2 aromatic rings. The zero-order chi connectivity index (χ0) is 21.2. The maximum atomic E-state index is 13.7. The molecule has 1 amide bonds. The molecule has 2 aliphatic carbocycles. The van der Waals surface area contributed by atoms with Crippen LogP contribution in [0.1, 0.15) is 71.5 Å². The minimum atomic E-state index is 0.0914. The molecule has 0 bridgehead atoms. The quantitative estimate of drug-likeness (QED) is 0.646. The van der Waals surface area contributed by atoms with Gasteiger partial charge >= 0.3 is 0 Å². The second-order valence-electron chi connectivity index (χ2n) is 9.25. The van der Waals surface area contributed by atoms with Crippen LogP contribution in [-0.4, -0.2) is 41.0 Å². The van der Waals surface area contributed by atoms with Crippen LogP contribution in [-0.2, 0) is 13.1 Å². The van der Waals surface area contributed by atoms with Gasteiger partial charge in [-0.1, -0.05) is 23.7 Å². The molecule has 1 aromatic carbocycles. The molecule has 2 heterocycles. The van der Waals surface area contributed by atoms with Crippen LogP contribution < -0.4 is 10.6 Å². The van der Waals surface area contributed by atoms with E-state index in [1.54, 1.807) is 6.20 Å². The fourth-order valence-corrected chi connectivity index (χ4v) is 4.73. The number of rotatable bonds is 8. The predicted molar refractivity (Wildman–Crippen MR) is 123 cm³/mol. The molecular weight excluding hydrogens is 408 g/mol. The van der Waals surface area contributed by atoms with Crippen LogP contribution in [0.25, 0.3) is 0 Å². The number of halogens is 1. The van der Waals surface area contributed by atoms with Crippen LogP contribution in [0.2, 0.25) is 5.02 Å². The largest absolute Gasteiger partial charge is 0.331 e. The Morgan fingerprint density at radius 2 is 2.06 bits per heavy atom. The summed E-state index contributed by atoms with van der Waals surface area (Å²) in [5.41, 5.74) is 4.14. The van der Waals surface area contributed by atoms with E-state index in [2.05, 4.69) is 27.8 Å². The first-order chi connectivity index (χ1) is 15.2. The number of nitrogens with zero attached hydrogens (tertiary/aromatic N) is 2. The molecule has 1 aliphatic heterocycles. The molecule has 3 aliphatic rings. The molecule has 1 saturated heterocycles. The molecule has 31 heavy (non-hydrogen) atoms. The molecule has 0 spiro atoms. The van der Waals surface area contributed by atoms with Crippen LogP contribution in [0.5, 0.6) is 0 Å². The highest BCUT2D eigenvalue weighted by molar-refractivity contribution is 6.31. The lowest BCUT2D eigenvalue weighted by atomic mass is 9.89. The van der Waals surface area contributed by atoms with E-state index in [1.807, 2.05) is 23.2 Å². The number of hydrogen-bond donors (Lipinski definition) is 2. The number of aromatic nitrogens is 1. The fraction of sp³-hybridized carbons (Fsp3) is 0.520.